The van der Waals surface area contributed by atoms with E-state index in [4.69, 9.17) is 4.42 Å². The largest absolute Gasteiger partial charge is 0.456 e. The van der Waals surface area contributed by atoms with Crippen LogP contribution in [0.15, 0.2) is 162 Å². The van der Waals surface area contributed by atoms with E-state index < -0.39 is 0 Å². The summed E-state index contributed by atoms with van der Waals surface area (Å²) >= 11 is 0. The van der Waals surface area contributed by atoms with Gasteiger partial charge in [0.1, 0.15) is 11.2 Å². The van der Waals surface area contributed by atoms with E-state index in [9.17, 15) is 0 Å². The zero-order valence-corrected chi connectivity index (χ0v) is 24.3. The van der Waals surface area contributed by atoms with E-state index in [1.54, 1.807) is 0 Å². The Morgan fingerprint density at radius 2 is 0.844 bits per heavy atom. The summed E-state index contributed by atoms with van der Waals surface area (Å²) < 4.78 is 11.0. The van der Waals surface area contributed by atoms with Crippen LogP contribution in [0, 0.1) is 0 Å². The Hall–Kier alpha value is -6.06. The molecule has 10 rings (SSSR count). The van der Waals surface area contributed by atoms with Crippen molar-refractivity contribution in [3.8, 4) is 22.5 Å². The highest BCUT2D eigenvalue weighted by Crippen LogP contribution is 2.43. The van der Waals surface area contributed by atoms with Crippen LogP contribution < -0.4 is 0 Å². The highest BCUT2D eigenvalue weighted by atomic mass is 16.3. The van der Waals surface area contributed by atoms with Gasteiger partial charge in [-0.25, -0.2) is 0 Å². The van der Waals surface area contributed by atoms with Crippen LogP contribution in [0.3, 0.4) is 0 Å². The Morgan fingerprint density at radius 1 is 0.333 bits per heavy atom. The van der Waals surface area contributed by atoms with Crippen LogP contribution >= 0.6 is 0 Å². The zero-order valence-electron chi connectivity index (χ0n) is 24.3. The molecule has 10 aromatic rings. The minimum absolute atomic E-state index is 0.915. The van der Waals surface area contributed by atoms with E-state index in [2.05, 4.69) is 155 Å². The molecule has 0 atom stereocenters. The highest BCUT2D eigenvalue weighted by molar-refractivity contribution is 6.24. The number of hydrogen-bond donors (Lipinski definition) is 0. The van der Waals surface area contributed by atoms with Crippen molar-refractivity contribution in [3.05, 3.63) is 158 Å². The van der Waals surface area contributed by atoms with Gasteiger partial charge in [0.05, 0.1) is 22.1 Å². The molecule has 3 heterocycles. The van der Waals surface area contributed by atoms with Crippen molar-refractivity contribution in [2.24, 2.45) is 0 Å². The fourth-order valence-corrected chi connectivity index (χ4v) is 7.33. The van der Waals surface area contributed by atoms with E-state index in [-0.39, 0.29) is 0 Å². The van der Waals surface area contributed by atoms with Crippen LogP contribution in [0.1, 0.15) is 0 Å². The fourth-order valence-electron chi connectivity index (χ4n) is 7.33. The summed E-state index contributed by atoms with van der Waals surface area (Å²) in [6, 6.07) is 56.6. The van der Waals surface area contributed by atoms with Crippen molar-refractivity contribution in [3.63, 3.8) is 0 Å². The molecule has 0 fully saturated rings. The van der Waals surface area contributed by atoms with Crippen LogP contribution in [0.25, 0.3) is 88.1 Å². The summed E-state index contributed by atoms with van der Waals surface area (Å²) in [5, 5.41) is 7.26. The van der Waals surface area contributed by atoms with Gasteiger partial charge in [-0.05, 0) is 71.8 Å². The van der Waals surface area contributed by atoms with Crippen molar-refractivity contribution in [1.82, 2.24) is 9.13 Å². The second-order valence-corrected chi connectivity index (χ2v) is 11.8. The Labute approximate surface area is 258 Å². The Morgan fingerprint density at radius 3 is 1.56 bits per heavy atom. The third kappa shape index (κ3) is 3.46. The molecule has 0 aliphatic heterocycles. The second-order valence-electron chi connectivity index (χ2n) is 11.8. The van der Waals surface area contributed by atoms with Gasteiger partial charge >= 0.3 is 0 Å². The average molecular weight is 575 g/mol. The molecule has 0 aliphatic rings. The Bertz CT molecular complexity index is 2740. The van der Waals surface area contributed by atoms with Crippen molar-refractivity contribution in [2.45, 2.75) is 0 Å². The monoisotopic (exact) mass is 574 g/mol. The lowest BCUT2D eigenvalue weighted by Crippen LogP contribution is -1.98. The standard InChI is InChI=1S/C42H26N2O/c1-3-11-29(12-4-1)43-37-17-9-7-15-31(37)33-21-22-34-35-25-27(28-20-24-40-36(26-28)32-16-8-10-18-39(32)45-40)19-23-38(35)44(42(34)41(33)43)30-13-5-2-6-14-30/h1-26H. The van der Waals surface area contributed by atoms with E-state index in [0.717, 1.165) is 33.3 Å². The number of hydrogen-bond acceptors (Lipinski definition) is 1. The first-order valence-electron chi connectivity index (χ1n) is 15.4. The van der Waals surface area contributed by atoms with Gasteiger partial charge in [-0.3, -0.25) is 0 Å². The topological polar surface area (TPSA) is 23.0 Å². The summed E-state index contributed by atoms with van der Waals surface area (Å²) in [5.74, 6) is 0. The van der Waals surface area contributed by atoms with E-state index in [1.165, 1.54) is 54.7 Å². The predicted molar refractivity (Wildman–Crippen MR) is 188 cm³/mol. The summed E-state index contributed by atoms with van der Waals surface area (Å²) in [4.78, 5) is 0. The van der Waals surface area contributed by atoms with Crippen LogP contribution in [-0.2, 0) is 0 Å². The molecule has 3 nitrogen and oxygen atoms in total. The molecule has 7 aromatic carbocycles. The SMILES string of the molecule is c1ccc(-n2c3ccccc3c3ccc4c5cc(-c6ccc7oc8ccccc8c7c6)ccc5n(-c5ccccc5)c4c32)cc1. The van der Waals surface area contributed by atoms with E-state index >= 15 is 0 Å². The van der Waals surface area contributed by atoms with Gasteiger partial charge in [0, 0.05) is 43.7 Å². The van der Waals surface area contributed by atoms with Gasteiger partial charge in [-0.1, -0.05) is 97.1 Å². The molecule has 210 valence electrons. The van der Waals surface area contributed by atoms with Gasteiger partial charge in [-0.15, -0.1) is 0 Å². The minimum atomic E-state index is 0.915. The second kappa shape index (κ2) is 9.22. The maximum atomic E-state index is 6.13. The summed E-state index contributed by atoms with van der Waals surface area (Å²) in [6.45, 7) is 0. The molecule has 3 aromatic heterocycles. The van der Waals surface area contributed by atoms with Gasteiger partial charge in [0.2, 0.25) is 0 Å². The lowest BCUT2D eigenvalue weighted by atomic mass is 10.0. The molecule has 0 saturated carbocycles. The average Bonchev–Trinajstić information content (AvgIpc) is 3.76. The summed E-state index contributed by atoms with van der Waals surface area (Å²) in [6.07, 6.45) is 0. The van der Waals surface area contributed by atoms with Gasteiger partial charge < -0.3 is 13.6 Å². The number of fused-ring (bicyclic) bond motifs is 10. The van der Waals surface area contributed by atoms with E-state index in [0.29, 0.717) is 0 Å². The van der Waals surface area contributed by atoms with Crippen molar-refractivity contribution in [2.75, 3.05) is 0 Å². The Kier molecular flexibility index (Phi) is 5.00. The lowest BCUT2D eigenvalue weighted by molar-refractivity contribution is 0.669. The minimum Gasteiger partial charge on any atom is -0.456 e. The molecule has 0 spiro atoms. The van der Waals surface area contributed by atoms with Crippen LogP contribution in [-0.4, -0.2) is 9.13 Å². The van der Waals surface area contributed by atoms with Crippen LogP contribution in [0.5, 0.6) is 0 Å². The fraction of sp³-hybridized carbons (Fsp3) is 0. The first-order chi connectivity index (χ1) is 22.3. The summed E-state index contributed by atoms with van der Waals surface area (Å²) in [7, 11) is 0. The maximum Gasteiger partial charge on any atom is 0.135 e. The van der Waals surface area contributed by atoms with Crippen molar-refractivity contribution in [1.29, 1.82) is 0 Å². The zero-order chi connectivity index (χ0) is 29.5. The first-order valence-corrected chi connectivity index (χ1v) is 15.4. The molecule has 3 heteroatoms. The molecule has 0 aliphatic carbocycles. The first kappa shape index (κ1) is 24.4. The number of benzene rings is 7. The molecule has 0 saturated heterocycles. The number of rotatable bonds is 3. The maximum absolute atomic E-state index is 6.13. The molecule has 0 radical (unpaired) electrons. The highest BCUT2D eigenvalue weighted by Gasteiger charge is 2.21. The van der Waals surface area contributed by atoms with E-state index in [1.807, 2.05) is 12.1 Å². The lowest BCUT2D eigenvalue weighted by Gasteiger charge is -2.12. The quantitative estimate of drug-likeness (QED) is 0.206. The van der Waals surface area contributed by atoms with Gasteiger partial charge in [0.25, 0.3) is 0 Å². The third-order valence-electron chi connectivity index (χ3n) is 9.30. The van der Waals surface area contributed by atoms with Crippen molar-refractivity contribution >= 4 is 65.6 Å². The van der Waals surface area contributed by atoms with Crippen LogP contribution in [0.4, 0.5) is 0 Å². The smallest absolute Gasteiger partial charge is 0.135 e. The molecule has 0 amide bonds. The normalized spacial score (nSPS) is 12.0. The van der Waals surface area contributed by atoms with Crippen LogP contribution in [0.2, 0.25) is 0 Å². The molecule has 0 unspecified atom stereocenters. The number of aromatic nitrogens is 2. The molecule has 45 heavy (non-hydrogen) atoms. The van der Waals surface area contributed by atoms with Gasteiger partial charge in [-0.2, -0.15) is 0 Å². The third-order valence-corrected chi connectivity index (χ3v) is 9.30. The molecular formula is C42H26N2O. The summed E-state index contributed by atoms with van der Waals surface area (Å²) in [5.41, 5.74) is 11.3. The molecule has 0 bridgehead atoms. The Balaban J connectivity index is 1.33. The van der Waals surface area contributed by atoms with Crippen molar-refractivity contribution < 1.29 is 4.42 Å². The molecular weight excluding hydrogens is 548 g/mol. The number of nitrogens with zero attached hydrogens (tertiary/aromatic N) is 2. The number of para-hydroxylation sites is 4. The number of furan rings is 1. The molecule has 0 N–H and O–H groups in total. The predicted octanol–water partition coefficient (Wildman–Crippen LogP) is 11.4. The van der Waals surface area contributed by atoms with Gasteiger partial charge in [0.15, 0.2) is 0 Å².